The molecule has 1 aliphatic rings. The number of nitro benzene ring substituents is 1. The van der Waals surface area contributed by atoms with Crippen LogP contribution in [-0.2, 0) is 11.3 Å². The third kappa shape index (κ3) is 5.62. The molecule has 1 aliphatic heterocycles. The number of nitro groups is 1. The Morgan fingerprint density at radius 2 is 1.76 bits per heavy atom. The summed E-state index contributed by atoms with van der Waals surface area (Å²) in [6.07, 6.45) is 1.52. The summed E-state index contributed by atoms with van der Waals surface area (Å²) in [4.78, 5) is 42.0. The molecule has 0 aliphatic carbocycles. The van der Waals surface area contributed by atoms with Gasteiger partial charge in [-0.15, -0.1) is 0 Å². The molecule has 1 N–H and O–H groups in total. The van der Waals surface area contributed by atoms with E-state index in [4.69, 9.17) is 14.6 Å². The number of nitrogens with zero attached hydrogens (tertiary/aromatic N) is 3. The van der Waals surface area contributed by atoms with Crippen molar-refractivity contribution in [2.45, 2.75) is 6.54 Å². The van der Waals surface area contributed by atoms with Gasteiger partial charge in [0, 0.05) is 17.7 Å². The van der Waals surface area contributed by atoms with Crippen LogP contribution in [0, 0.1) is 10.1 Å². The minimum absolute atomic E-state index is 0.0344. The number of ether oxygens (including phenoxy) is 2. The number of carbonyl (C=O) groups is 2. The van der Waals surface area contributed by atoms with Crippen LogP contribution >= 0.6 is 11.8 Å². The molecule has 11 heteroatoms. The van der Waals surface area contributed by atoms with Crippen LogP contribution in [0.15, 0.2) is 76.6 Å². The fourth-order valence-electron chi connectivity index (χ4n) is 3.58. The Bertz CT molecular complexity index is 1420. The third-order valence-corrected chi connectivity index (χ3v) is 6.43. The molecule has 0 atom stereocenters. The smallest absolute Gasteiger partial charge is 0.335 e. The number of amidine groups is 1. The van der Waals surface area contributed by atoms with Gasteiger partial charge in [0.05, 0.1) is 41.8 Å². The quantitative estimate of drug-likeness (QED) is 0.247. The molecule has 1 fully saturated rings. The van der Waals surface area contributed by atoms with E-state index in [9.17, 15) is 19.7 Å². The van der Waals surface area contributed by atoms with E-state index in [0.29, 0.717) is 27.7 Å². The van der Waals surface area contributed by atoms with Crippen molar-refractivity contribution >= 4 is 46.3 Å². The highest BCUT2D eigenvalue weighted by atomic mass is 32.2. The van der Waals surface area contributed by atoms with Crippen molar-refractivity contribution in [1.82, 2.24) is 4.90 Å². The van der Waals surface area contributed by atoms with E-state index in [1.807, 2.05) is 18.2 Å². The molecule has 4 rings (SSSR count). The van der Waals surface area contributed by atoms with E-state index in [2.05, 4.69) is 4.99 Å². The zero-order chi connectivity index (χ0) is 26.5. The second-order valence-corrected chi connectivity index (χ2v) is 8.77. The van der Waals surface area contributed by atoms with Gasteiger partial charge in [-0.1, -0.05) is 30.3 Å². The van der Waals surface area contributed by atoms with Crippen LogP contribution in [-0.4, -0.2) is 46.2 Å². The number of para-hydroxylation sites is 1. The average Bonchev–Trinajstić information content (AvgIpc) is 3.18. The number of aliphatic imine (C=N–C) groups is 1. The first-order chi connectivity index (χ1) is 17.8. The van der Waals surface area contributed by atoms with Crippen LogP contribution in [0.3, 0.4) is 0 Å². The van der Waals surface area contributed by atoms with Gasteiger partial charge in [-0.25, -0.2) is 9.79 Å². The Kier molecular flexibility index (Phi) is 7.54. The van der Waals surface area contributed by atoms with Crippen molar-refractivity contribution in [3.05, 3.63) is 98.4 Å². The number of carboxylic acids is 1. The van der Waals surface area contributed by atoms with Gasteiger partial charge in [0.25, 0.3) is 5.91 Å². The summed E-state index contributed by atoms with van der Waals surface area (Å²) in [6.45, 7) is 0.147. The van der Waals surface area contributed by atoms with Crippen LogP contribution in [0.2, 0.25) is 0 Å². The van der Waals surface area contributed by atoms with E-state index in [1.54, 1.807) is 24.3 Å². The molecular weight excluding hydrogens is 498 g/mol. The minimum atomic E-state index is -1.04. The maximum absolute atomic E-state index is 13.5. The number of carbonyl (C=O) groups excluding carboxylic acids is 1. The molecule has 0 radical (unpaired) electrons. The number of hydrogen-bond donors (Lipinski definition) is 1. The molecule has 3 aromatic carbocycles. The van der Waals surface area contributed by atoms with Gasteiger partial charge in [0.15, 0.2) is 5.17 Å². The van der Waals surface area contributed by atoms with Gasteiger partial charge in [-0.2, -0.15) is 0 Å². The normalized spacial score (nSPS) is 15.3. The van der Waals surface area contributed by atoms with Crippen molar-refractivity contribution in [3.8, 4) is 11.5 Å². The molecule has 10 nitrogen and oxygen atoms in total. The number of aromatic carboxylic acids is 1. The SMILES string of the molecule is COc1cc(OC)c([N+](=O)[O-])cc1/C=C1\SC(=Nc2ccccc2)N(Cc2ccc(C(=O)O)cc2)C1=O. The Balaban J connectivity index is 1.75. The van der Waals surface area contributed by atoms with Crippen LogP contribution in [0.5, 0.6) is 11.5 Å². The van der Waals surface area contributed by atoms with E-state index >= 15 is 0 Å². The molecule has 0 unspecified atom stereocenters. The topological polar surface area (TPSA) is 132 Å². The summed E-state index contributed by atoms with van der Waals surface area (Å²) in [5, 5.41) is 21.1. The Morgan fingerprint density at radius 1 is 1.08 bits per heavy atom. The highest BCUT2D eigenvalue weighted by Crippen LogP contribution is 2.39. The number of methoxy groups -OCH3 is 2. The monoisotopic (exact) mass is 519 g/mol. The molecule has 37 heavy (non-hydrogen) atoms. The first-order valence-corrected chi connectivity index (χ1v) is 11.7. The predicted molar refractivity (Wildman–Crippen MR) is 139 cm³/mol. The summed E-state index contributed by atoms with van der Waals surface area (Å²) in [5.74, 6) is -1.07. The fourth-order valence-corrected chi connectivity index (χ4v) is 4.57. The zero-order valence-corrected chi connectivity index (χ0v) is 20.6. The molecule has 1 amide bonds. The number of hydrogen-bond acceptors (Lipinski definition) is 8. The highest BCUT2D eigenvalue weighted by molar-refractivity contribution is 8.18. The second-order valence-electron chi connectivity index (χ2n) is 7.76. The van der Waals surface area contributed by atoms with E-state index in [0.717, 1.165) is 11.8 Å². The van der Waals surface area contributed by atoms with Crippen LogP contribution in [0.1, 0.15) is 21.5 Å². The molecule has 188 valence electrons. The first kappa shape index (κ1) is 25.5. The van der Waals surface area contributed by atoms with Crippen molar-refractivity contribution in [2.75, 3.05) is 14.2 Å². The van der Waals surface area contributed by atoms with Gasteiger partial charge in [-0.05, 0) is 47.7 Å². The predicted octanol–water partition coefficient (Wildman–Crippen LogP) is 5.11. The lowest BCUT2D eigenvalue weighted by atomic mass is 10.1. The fraction of sp³-hybridized carbons (Fsp3) is 0.115. The van der Waals surface area contributed by atoms with Gasteiger partial charge in [-0.3, -0.25) is 19.8 Å². The van der Waals surface area contributed by atoms with Crippen LogP contribution in [0.4, 0.5) is 11.4 Å². The number of benzene rings is 3. The summed E-state index contributed by atoms with van der Waals surface area (Å²) < 4.78 is 10.5. The van der Waals surface area contributed by atoms with E-state index in [-0.39, 0.29) is 34.4 Å². The molecular formula is C26H21N3O7S. The standard InChI is InChI=1S/C26H21N3O7S/c1-35-21-14-22(36-2)20(29(33)34)12-18(21)13-23-24(30)28(15-16-8-10-17(11-9-16)25(31)32)26(37-23)27-19-6-4-3-5-7-19/h3-14H,15H2,1-2H3,(H,31,32)/b23-13-,27-26?. The Labute approximate surface area is 216 Å². The van der Waals surface area contributed by atoms with Crippen LogP contribution < -0.4 is 9.47 Å². The minimum Gasteiger partial charge on any atom is -0.496 e. The Morgan fingerprint density at radius 3 is 2.35 bits per heavy atom. The maximum atomic E-state index is 13.5. The molecule has 3 aromatic rings. The van der Waals surface area contributed by atoms with Crippen molar-refractivity contribution < 1.29 is 29.1 Å². The average molecular weight is 520 g/mol. The van der Waals surface area contributed by atoms with Crippen molar-refractivity contribution in [1.29, 1.82) is 0 Å². The van der Waals surface area contributed by atoms with E-state index < -0.39 is 10.9 Å². The van der Waals surface area contributed by atoms with Crippen molar-refractivity contribution in [2.24, 2.45) is 4.99 Å². The molecule has 0 aromatic heterocycles. The number of thioether (sulfide) groups is 1. The third-order valence-electron chi connectivity index (χ3n) is 5.43. The van der Waals surface area contributed by atoms with Gasteiger partial charge >= 0.3 is 11.7 Å². The molecule has 0 bridgehead atoms. The number of rotatable bonds is 8. The van der Waals surface area contributed by atoms with Crippen molar-refractivity contribution in [3.63, 3.8) is 0 Å². The number of carboxylic acid groups (broad SMARTS) is 1. The molecule has 0 saturated carbocycles. The number of amides is 1. The van der Waals surface area contributed by atoms with E-state index in [1.165, 1.54) is 49.5 Å². The highest BCUT2D eigenvalue weighted by Gasteiger charge is 2.34. The largest absolute Gasteiger partial charge is 0.496 e. The molecule has 1 heterocycles. The summed E-state index contributed by atoms with van der Waals surface area (Å²) in [6, 6.07) is 18.0. The summed E-state index contributed by atoms with van der Waals surface area (Å²) >= 11 is 1.12. The lowest BCUT2D eigenvalue weighted by molar-refractivity contribution is -0.385. The maximum Gasteiger partial charge on any atom is 0.335 e. The molecule has 0 spiro atoms. The lowest BCUT2D eigenvalue weighted by Gasteiger charge is -2.16. The summed E-state index contributed by atoms with van der Waals surface area (Å²) in [5.41, 5.74) is 1.55. The Hall–Kier alpha value is -4.64. The zero-order valence-electron chi connectivity index (χ0n) is 19.8. The van der Waals surface area contributed by atoms with Crippen LogP contribution in [0.25, 0.3) is 6.08 Å². The van der Waals surface area contributed by atoms with Gasteiger partial charge in [0.1, 0.15) is 5.75 Å². The van der Waals surface area contributed by atoms with Gasteiger partial charge < -0.3 is 14.6 Å². The first-order valence-electron chi connectivity index (χ1n) is 10.9. The second kappa shape index (κ2) is 11.0. The molecule has 1 saturated heterocycles. The summed E-state index contributed by atoms with van der Waals surface area (Å²) in [7, 11) is 2.74. The lowest BCUT2D eigenvalue weighted by Crippen LogP contribution is -2.28. The van der Waals surface area contributed by atoms with Gasteiger partial charge in [0.2, 0.25) is 5.75 Å².